The van der Waals surface area contributed by atoms with Gasteiger partial charge in [-0.25, -0.2) is 4.79 Å². The Morgan fingerprint density at radius 3 is 2.43 bits per heavy atom. The molecule has 4 aromatic rings. The van der Waals surface area contributed by atoms with Crippen molar-refractivity contribution >= 4 is 11.7 Å². The van der Waals surface area contributed by atoms with Crippen molar-refractivity contribution in [2.24, 2.45) is 5.92 Å². The Morgan fingerprint density at radius 2 is 1.63 bits per heavy atom. The van der Waals surface area contributed by atoms with Gasteiger partial charge in [-0.05, 0) is 103 Å². The number of nitrogens with zero attached hydrogens (tertiary/aromatic N) is 2. The van der Waals surface area contributed by atoms with Crippen molar-refractivity contribution in [1.29, 1.82) is 0 Å². The number of piperidine rings is 1. The van der Waals surface area contributed by atoms with Gasteiger partial charge in [-0.15, -0.1) is 0 Å². The summed E-state index contributed by atoms with van der Waals surface area (Å²) < 4.78 is 11.5. The number of fused-ring (bicyclic) bond motifs is 2. The van der Waals surface area contributed by atoms with Crippen LogP contribution in [0.1, 0.15) is 81.3 Å². The maximum absolute atomic E-state index is 11.8. The Hall–Kier alpha value is -4.09. The highest BCUT2D eigenvalue weighted by Gasteiger charge is 2.35. The lowest BCUT2D eigenvalue weighted by atomic mass is 9.69. The normalized spacial score (nSPS) is 21.8. The minimum absolute atomic E-state index is 0.190. The third kappa shape index (κ3) is 5.82. The van der Waals surface area contributed by atoms with Gasteiger partial charge < -0.3 is 14.4 Å². The van der Waals surface area contributed by atoms with E-state index in [2.05, 4.69) is 102 Å². The molecule has 5 nitrogen and oxygen atoms in total. The molecule has 2 fully saturated rings. The van der Waals surface area contributed by atoms with Crippen molar-refractivity contribution in [2.45, 2.75) is 63.5 Å². The van der Waals surface area contributed by atoms with E-state index in [0.29, 0.717) is 24.5 Å². The van der Waals surface area contributed by atoms with Gasteiger partial charge in [0, 0.05) is 49.4 Å². The van der Waals surface area contributed by atoms with Crippen LogP contribution < -0.4 is 9.64 Å². The topological polar surface area (TPSA) is 42.0 Å². The summed E-state index contributed by atoms with van der Waals surface area (Å²) in [4.78, 5) is 16.9. The summed E-state index contributed by atoms with van der Waals surface area (Å²) in [5.74, 6) is 2.36. The average molecular weight is 613 g/mol. The maximum Gasteiger partial charge on any atom is 0.338 e. The van der Waals surface area contributed by atoms with Gasteiger partial charge in [0.1, 0.15) is 12.4 Å². The number of anilines is 1. The van der Waals surface area contributed by atoms with E-state index in [-0.39, 0.29) is 5.97 Å². The number of aryl methyl sites for hydroxylation is 2. The average Bonchev–Trinajstić information content (AvgIpc) is 3.45. The van der Waals surface area contributed by atoms with E-state index < -0.39 is 0 Å². The molecule has 8 rings (SSSR count). The molecule has 5 heteroatoms. The van der Waals surface area contributed by atoms with Gasteiger partial charge >= 0.3 is 5.97 Å². The molecular weight excluding hydrogens is 568 g/mol. The zero-order valence-electron chi connectivity index (χ0n) is 26.9. The molecular formula is C41H44N2O3. The second-order valence-electron chi connectivity index (χ2n) is 13.9. The Bertz CT molecular complexity index is 1690. The molecule has 0 radical (unpaired) electrons. The summed E-state index contributed by atoms with van der Waals surface area (Å²) in [7, 11) is 0. The number of cyclic esters (lactones) is 1. The van der Waals surface area contributed by atoms with Crippen LogP contribution in [0, 0.1) is 12.8 Å². The van der Waals surface area contributed by atoms with Crippen molar-refractivity contribution in [1.82, 2.24) is 4.90 Å². The lowest BCUT2D eigenvalue weighted by Crippen LogP contribution is -2.55. The third-order valence-electron chi connectivity index (χ3n) is 11.0. The van der Waals surface area contributed by atoms with E-state index in [9.17, 15) is 4.79 Å². The van der Waals surface area contributed by atoms with E-state index in [1.807, 2.05) is 6.07 Å². The van der Waals surface area contributed by atoms with E-state index in [4.69, 9.17) is 9.47 Å². The van der Waals surface area contributed by atoms with Crippen LogP contribution >= 0.6 is 0 Å². The molecule has 46 heavy (non-hydrogen) atoms. The Kier molecular flexibility index (Phi) is 8.03. The molecule has 4 aromatic carbocycles. The molecule has 3 heterocycles. The molecule has 2 saturated heterocycles. The van der Waals surface area contributed by atoms with E-state index in [0.717, 1.165) is 55.3 Å². The van der Waals surface area contributed by atoms with E-state index in [1.54, 1.807) is 0 Å². The van der Waals surface area contributed by atoms with Crippen LogP contribution in [0.4, 0.5) is 5.69 Å². The molecule has 0 saturated carbocycles. The predicted octanol–water partition coefficient (Wildman–Crippen LogP) is 7.90. The minimum Gasteiger partial charge on any atom is -0.494 e. The molecule has 0 N–H and O–H groups in total. The summed E-state index contributed by atoms with van der Waals surface area (Å²) >= 11 is 0. The summed E-state index contributed by atoms with van der Waals surface area (Å²) in [5, 5.41) is 0. The first kappa shape index (κ1) is 29.3. The standard InChI is InChI=1S/C41H44N2O3/c1-28-7-14-38-32(23-28)10-15-37(30-5-3-2-4-6-30)40(38)31-8-12-36(13-9-31)45-22-19-29-25-43(26-29)34-17-20-42(21-18-34)35-11-16-39-33(24-35)27-46-41(39)44/h2-9,11-14,16,23-24,29,34,37,40H,10,15,17-22,25-27H2,1H3/t37-,40+/m1/s1. The number of likely N-dealkylation sites (tertiary alicyclic amines) is 1. The highest BCUT2D eigenvalue weighted by atomic mass is 16.5. The monoisotopic (exact) mass is 612 g/mol. The van der Waals surface area contributed by atoms with Gasteiger partial charge in [-0.2, -0.15) is 0 Å². The lowest BCUT2D eigenvalue weighted by Gasteiger charge is -2.47. The van der Waals surface area contributed by atoms with E-state index in [1.165, 1.54) is 65.9 Å². The van der Waals surface area contributed by atoms with Crippen LogP contribution in [0.2, 0.25) is 0 Å². The van der Waals surface area contributed by atoms with E-state index >= 15 is 0 Å². The van der Waals surface area contributed by atoms with Crippen LogP contribution in [-0.2, 0) is 17.8 Å². The molecule has 236 valence electrons. The second-order valence-corrected chi connectivity index (χ2v) is 13.9. The number of rotatable bonds is 8. The molecule has 0 amide bonds. The zero-order valence-corrected chi connectivity index (χ0v) is 26.9. The van der Waals surface area contributed by atoms with Crippen LogP contribution in [-0.4, -0.2) is 49.7 Å². The second kappa shape index (κ2) is 12.6. The number of carbonyl (C=O) groups excluding carboxylic acids is 1. The molecule has 4 aliphatic rings. The van der Waals surface area contributed by atoms with Crippen molar-refractivity contribution in [3.63, 3.8) is 0 Å². The first-order valence-corrected chi connectivity index (χ1v) is 17.3. The third-order valence-corrected chi connectivity index (χ3v) is 11.0. The van der Waals surface area contributed by atoms with Gasteiger partial charge in [-0.3, -0.25) is 4.90 Å². The molecule has 0 spiro atoms. The number of hydrogen-bond acceptors (Lipinski definition) is 5. The number of esters is 1. The Morgan fingerprint density at radius 1 is 0.826 bits per heavy atom. The Balaban J connectivity index is 0.822. The molecule has 0 unspecified atom stereocenters. The first-order valence-electron chi connectivity index (χ1n) is 17.3. The highest BCUT2D eigenvalue weighted by molar-refractivity contribution is 5.93. The molecule has 1 aliphatic carbocycles. The lowest BCUT2D eigenvalue weighted by molar-refractivity contribution is 0.0305. The van der Waals surface area contributed by atoms with Gasteiger partial charge in [0.2, 0.25) is 0 Å². The molecule has 2 atom stereocenters. The van der Waals surface area contributed by atoms with Gasteiger partial charge in [0.15, 0.2) is 0 Å². The van der Waals surface area contributed by atoms with Crippen LogP contribution in [0.5, 0.6) is 5.75 Å². The van der Waals surface area contributed by atoms with Gasteiger partial charge in [-0.1, -0.05) is 66.2 Å². The van der Waals surface area contributed by atoms with Crippen LogP contribution in [0.25, 0.3) is 0 Å². The van der Waals surface area contributed by atoms with Crippen molar-refractivity contribution in [3.8, 4) is 5.75 Å². The minimum atomic E-state index is -0.190. The first-order chi connectivity index (χ1) is 22.6. The van der Waals surface area contributed by atoms with Crippen LogP contribution in [0.15, 0.2) is 91.0 Å². The van der Waals surface area contributed by atoms with Gasteiger partial charge in [0.05, 0.1) is 12.2 Å². The zero-order chi connectivity index (χ0) is 31.0. The summed E-state index contributed by atoms with van der Waals surface area (Å²) in [6.07, 6.45) is 5.81. The summed E-state index contributed by atoms with van der Waals surface area (Å²) in [6, 6.07) is 33.9. The SMILES string of the molecule is Cc1ccc2c(c1)CC[C@H](c1ccccc1)[C@@H]2c1ccc(OCCC2CN(C3CCN(c4ccc5c(c4)COC5=O)CC3)C2)cc1. The largest absolute Gasteiger partial charge is 0.494 e. The summed E-state index contributed by atoms with van der Waals surface area (Å²) in [5.41, 5.74) is 10.1. The molecule has 3 aliphatic heterocycles. The van der Waals surface area contributed by atoms with Crippen molar-refractivity contribution < 1.29 is 14.3 Å². The molecule has 0 aromatic heterocycles. The Labute approximate surface area is 273 Å². The van der Waals surface area contributed by atoms with Crippen molar-refractivity contribution in [2.75, 3.05) is 37.7 Å². The number of carbonyl (C=O) groups is 1. The highest BCUT2D eigenvalue weighted by Crippen LogP contribution is 2.46. The fourth-order valence-corrected chi connectivity index (χ4v) is 8.43. The van der Waals surface area contributed by atoms with Crippen molar-refractivity contribution in [3.05, 3.63) is 130 Å². The van der Waals surface area contributed by atoms with Gasteiger partial charge in [0.25, 0.3) is 0 Å². The fourth-order valence-electron chi connectivity index (χ4n) is 8.43. The molecule has 0 bridgehead atoms. The fraction of sp³-hybridized carbons (Fsp3) is 0.390. The number of benzene rings is 4. The maximum atomic E-state index is 11.8. The predicted molar refractivity (Wildman–Crippen MR) is 183 cm³/mol. The quantitative estimate of drug-likeness (QED) is 0.189. The number of hydrogen-bond donors (Lipinski definition) is 0. The smallest absolute Gasteiger partial charge is 0.338 e. The summed E-state index contributed by atoms with van der Waals surface area (Å²) in [6.45, 7) is 7.90. The number of ether oxygens (including phenoxy) is 2. The van der Waals surface area contributed by atoms with Crippen LogP contribution in [0.3, 0.4) is 0 Å².